The van der Waals surface area contributed by atoms with Crippen LogP contribution in [0.4, 0.5) is 0 Å². The first kappa shape index (κ1) is 14.9. The molecule has 0 aliphatic carbocycles. The summed E-state index contributed by atoms with van der Waals surface area (Å²) >= 11 is 3.70. The molecule has 0 spiro atoms. The highest BCUT2D eigenvalue weighted by molar-refractivity contribution is 9.09. The Morgan fingerprint density at radius 2 is 2.00 bits per heavy atom. The Hall–Kier alpha value is -0.450. The fourth-order valence-electron chi connectivity index (χ4n) is 2.66. The molecule has 1 aliphatic rings. The molecule has 19 heavy (non-hydrogen) atoms. The maximum Gasteiger partial charge on any atom is 0.0472 e. The van der Waals surface area contributed by atoms with Crippen LogP contribution in [-0.4, -0.2) is 48.6 Å². The van der Waals surface area contributed by atoms with Gasteiger partial charge in [0.05, 0.1) is 0 Å². The number of halogens is 1. The number of pyridine rings is 1. The van der Waals surface area contributed by atoms with Crippen molar-refractivity contribution in [1.82, 2.24) is 9.88 Å². The topological polar surface area (TPSA) is 25.4 Å². The molecule has 0 atom stereocenters. The first-order chi connectivity index (χ1) is 9.24. The zero-order valence-corrected chi connectivity index (χ0v) is 13.2. The third-order valence-electron chi connectivity index (χ3n) is 3.97. The second kappa shape index (κ2) is 7.36. The number of likely N-dealkylation sites (N-methyl/N-ethyl adjacent to an activating group) is 1. The molecule has 0 amide bonds. The summed E-state index contributed by atoms with van der Waals surface area (Å²) in [6, 6.07) is 4.20. The summed E-state index contributed by atoms with van der Waals surface area (Å²) in [6.07, 6.45) is 7.16. The molecule has 1 aromatic rings. The molecule has 0 radical (unpaired) electrons. The lowest BCUT2D eigenvalue weighted by molar-refractivity contribution is 0.0121. The Balaban J connectivity index is 1.81. The van der Waals surface area contributed by atoms with Crippen molar-refractivity contribution in [2.45, 2.75) is 19.3 Å². The molecule has 2 heterocycles. The van der Waals surface area contributed by atoms with Gasteiger partial charge >= 0.3 is 0 Å². The van der Waals surface area contributed by atoms with Crippen LogP contribution in [0.15, 0.2) is 24.5 Å². The Bertz CT molecular complexity index is 366. The molecular weight excluding hydrogens is 304 g/mol. The first-order valence-corrected chi connectivity index (χ1v) is 8.07. The van der Waals surface area contributed by atoms with Crippen LogP contribution in [0.5, 0.6) is 0 Å². The van der Waals surface area contributed by atoms with Gasteiger partial charge in [-0.1, -0.05) is 15.9 Å². The largest absolute Gasteiger partial charge is 0.381 e. The third kappa shape index (κ3) is 4.55. The van der Waals surface area contributed by atoms with Crippen molar-refractivity contribution in [1.29, 1.82) is 0 Å². The van der Waals surface area contributed by atoms with E-state index < -0.39 is 0 Å². The highest BCUT2D eigenvalue weighted by Gasteiger charge is 2.32. The molecular formula is C15H23BrN2O. The molecule has 0 unspecified atom stereocenters. The van der Waals surface area contributed by atoms with Crippen molar-refractivity contribution in [2.75, 3.05) is 38.7 Å². The lowest BCUT2D eigenvalue weighted by atomic mass is 9.82. The molecule has 0 bridgehead atoms. The second-order valence-electron chi connectivity index (χ2n) is 5.59. The van der Waals surface area contributed by atoms with Crippen molar-refractivity contribution in [2.24, 2.45) is 5.41 Å². The minimum Gasteiger partial charge on any atom is -0.381 e. The molecule has 1 saturated heterocycles. The van der Waals surface area contributed by atoms with Crippen LogP contribution >= 0.6 is 15.9 Å². The molecule has 3 nitrogen and oxygen atoms in total. The van der Waals surface area contributed by atoms with Crippen LogP contribution in [0, 0.1) is 5.41 Å². The lowest BCUT2D eigenvalue weighted by Gasteiger charge is -2.38. The molecule has 4 heteroatoms. The van der Waals surface area contributed by atoms with Crippen LogP contribution in [0.1, 0.15) is 18.4 Å². The fourth-order valence-corrected chi connectivity index (χ4v) is 3.40. The van der Waals surface area contributed by atoms with Crippen molar-refractivity contribution >= 4 is 15.9 Å². The SMILES string of the molecule is CN(CCc1ccncc1)CC1(CBr)CCOCC1. The number of hydrogen-bond donors (Lipinski definition) is 0. The molecule has 1 aromatic heterocycles. The lowest BCUT2D eigenvalue weighted by Crippen LogP contribution is -2.41. The second-order valence-corrected chi connectivity index (χ2v) is 6.15. The molecule has 2 rings (SSSR count). The van der Waals surface area contributed by atoms with E-state index in [-0.39, 0.29) is 0 Å². The molecule has 1 fully saturated rings. The summed E-state index contributed by atoms with van der Waals surface area (Å²) in [6.45, 7) is 4.06. The van der Waals surface area contributed by atoms with Gasteiger partial charge in [0.15, 0.2) is 0 Å². The minimum absolute atomic E-state index is 0.394. The Labute approximate surface area is 124 Å². The van der Waals surface area contributed by atoms with E-state index in [1.807, 2.05) is 12.4 Å². The van der Waals surface area contributed by atoms with Gasteiger partial charge in [0.2, 0.25) is 0 Å². The number of aromatic nitrogens is 1. The zero-order chi connectivity index (χ0) is 13.6. The molecule has 1 aliphatic heterocycles. The van der Waals surface area contributed by atoms with Crippen LogP contribution in [-0.2, 0) is 11.2 Å². The first-order valence-electron chi connectivity index (χ1n) is 6.95. The quantitative estimate of drug-likeness (QED) is 0.751. The predicted octanol–water partition coefficient (Wildman–Crippen LogP) is 2.75. The van der Waals surface area contributed by atoms with Gasteiger partial charge in [0.1, 0.15) is 0 Å². The summed E-state index contributed by atoms with van der Waals surface area (Å²) in [7, 11) is 2.22. The highest BCUT2D eigenvalue weighted by atomic mass is 79.9. The van der Waals surface area contributed by atoms with Gasteiger partial charge in [-0.2, -0.15) is 0 Å². The fraction of sp³-hybridized carbons (Fsp3) is 0.667. The number of hydrogen-bond acceptors (Lipinski definition) is 3. The average Bonchev–Trinajstić information content (AvgIpc) is 2.47. The van der Waals surface area contributed by atoms with Crippen molar-refractivity contribution in [3.8, 4) is 0 Å². The van der Waals surface area contributed by atoms with Gasteiger partial charge < -0.3 is 9.64 Å². The van der Waals surface area contributed by atoms with E-state index in [1.54, 1.807) is 0 Å². The van der Waals surface area contributed by atoms with Gasteiger partial charge in [-0.25, -0.2) is 0 Å². The van der Waals surface area contributed by atoms with Gasteiger partial charge in [-0.3, -0.25) is 4.98 Å². The number of ether oxygens (including phenoxy) is 1. The van der Waals surface area contributed by atoms with Crippen molar-refractivity contribution in [3.63, 3.8) is 0 Å². The van der Waals surface area contributed by atoms with Crippen LogP contribution in [0.3, 0.4) is 0 Å². The van der Waals surface area contributed by atoms with Gasteiger partial charge in [-0.05, 0) is 49.4 Å². The summed E-state index contributed by atoms with van der Waals surface area (Å²) in [4.78, 5) is 6.51. The van der Waals surface area contributed by atoms with Crippen LogP contribution in [0.25, 0.3) is 0 Å². The van der Waals surface area contributed by atoms with Crippen LogP contribution < -0.4 is 0 Å². The molecule has 0 saturated carbocycles. The minimum atomic E-state index is 0.394. The highest BCUT2D eigenvalue weighted by Crippen LogP contribution is 2.33. The van der Waals surface area contributed by atoms with Gasteiger partial charge in [-0.15, -0.1) is 0 Å². The van der Waals surface area contributed by atoms with E-state index in [2.05, 4.69) is 45.0 Å². The Kier molecular flexibility index (Phi) is 5.79. The van der Waals surface area contributed by atoms with E-state index >= 15 is 0 Å². The van der Waals surface area contributed by atoms with Gasteiger partial charge in [0, 0.05) is 44.0 Å². The van der Waals surface area contributed by atoms with Crippen molar-refractivity contribution in [3.05, 3.63) is 30.1 Å². The number of rotatable bonds is 6. The monoisotopic (exact) mass is 326 g/mol. The predicted molar refractivity (Wildman–Crippen MR) is 81.7 cm³/mol. The Morgan fingerprint density at radius 1 is 1.32 bits per heavy atom. The number of alkyl halides is 1. The zero-order valence-electron chi connectivity index (χ0n) is 11.6. The third-order valence-corrected chi connectivity index (χ3v) is 5.16. The van der Waals surface area contributed by atoms with Crippen LogP contribution in [0.2, 0.25) is 0 Å². The summed E-state index contributed by atoms with van der Waals surface area (Å²) in [5.74, 6) is 0. The van der Waals surface area contributed by atoms with Gasteiger partial charge in [0.25, 0.3) is 0 Å². The standard InChI is InChI=1S/C15H23BrN2O/c1-18(9-4-14-2-7-17-8-3-14)13-15(12-16)5-10-19-11-6-15/h2-3,7-8H,4-6,9-13H2,1H3. The molecule has 106 valence electrons. The maximum absolute atomic E-state index is 5.49. The summed E-state index contributed by atoms with van der Waals surface area (Å²) < 4.78 is 5.49. The van der Waals surface area contributed by atoms with E-state index in [1.165, 1.54) is 5.56 Å². The summed E-state index contributed by atoms with van der Waals surface area (Å²) in [5, 5.41) is 1.07. The number of nitrogens with zero attached hydrogens (tertiary/aromatic N) is 2. The van der Waals surface area contributed by atoms with E-state index in [9.17, 15) is 0 Å². The van der Waals surface area contributed by atoms with Crippen molar-refractivity contribution < 1.29 is 4.74 Å². The van der Waals surface area contributed by atoms with E-state index in [0.29, 0.717) is 5.41 Å². The normalized spacial score (nSPS) is 18.7. The maximum atomic E-state index is 5.49. The smallest absolute Gasteiger partial charge is 0.0472 e. The average molecular weight is 327 g/mol. The molecule has 0 N–H and O–H groups in total. The van der Waals surface area contributed by atoms with E-state index in [0.717, 1.165) is 50.9 Å². The molecule has 0 aromatic carbocycles. The summed E-state index contributed by atoms with van der Waals surface area (Å²) in [5.41, 5.74) is 1.76. The Morgan fingerprint density at radius 3 is 2.63 bits per heavy atom. The van der Waals surface area contributed by atoms with E-state index in [4.69, 9.17) is 4.74 Å².